The molecule has 0 aliphatic heterocycles. The number of benzene rings is 1. The predicted octanol–water partition coefficient (Wildman–Crippen LogP) is 2.10. The minimum absolute atomic E-state index is 0.253. The first kappa shape index (κ1) is 12.4. The van der Waals surface area contributed by atoms with Crippen LogP contribution in [0.3, 0.4) is 0 Å². The summed E-state index contributed by atoms with van der Waals surface area (Å²) in [6, 6.07) is 6.31. The minimum Gasteiger partial charge on any atom is -0.330 e. The largest absolute Gasteiger partial charge is 0.330 e. The molecule has 4 nitrogen and oxygen atoms in total. The SMILES string of the molecule is NCCCN(c1ccc(F)cc1)c1cnccn1. The number of anilines is 2. The number of hydrogen-bond acceptors (Lipinski definition) is 4. The summed E-state index contributed by atoms with van der Waals surface area (Å²) in [5, 5.41) is 0. The van der Waals surface area contributed by atoms with Crippen LogP contribution in [0.25, 0.3) is 0 Å². The molecule has 1 heterocycles. The van der Waals surface area contributed by atoms with Crippen LogP contribution < -0.4 is 10.6 Å². The lowest BCUT2D eigenvalue weighted by Gasteiger charge is -2.23. The van der Waals surface area contributed by atoms with Crippen LogP contribution in [-0.4, -0.2) is 23.1 Å². The van der Waals surface area contributed by atoms with E-state index in [1.807, 2.05) is 4.90 Å². The highest BCUT2D eigenvalue weighted by Crippen LogP contribution is 2.22. The molecular weight excluding hydrogens is 231 g/mol. The highest BCUT2D eigenvalue weighted by molar-refractivity contribution is 5.58. The van der Waals surface area contributed by atoms with Gasteiger partial charge >= 0.3 is 0 Å². The van der Waals surface area contributed by atoms with Crippen LogP contribution in [0.5, 0.6) is 0 Å². The Morgan fingerprint density at radius 1 is 1.17 bits per heavy atom. The zero-order valence-corrected chi connectivity index (χ0v) is 9.96. The molecule has 0 fully saturated rings. The maximum atomic E-state index is 12.9. The third-order valence-electron chi connectivity index (χ3n) is 2.55. The van der Waals surface area contributed by atoms with Gasteiger partial charge in [-0.1, -0.05) is 0 Å². The third kappa shape index (κ3) is 3.01. The van der Waals surface area contributed by atoms with E-state index < -0.39 is 0 Å². The van der Waals surface area contributed by atoms with E-state index in [0.29, 0.717) is 6.54 Å². The number of rotatable bonds is 5. The van der Waals surface area contributed by atoms with Crippen molar-refractivity contribution >= 4 is 11.5 Å². The highest BCUT2D eigenvalue weighted by Gasteiger charge is 2.10. The van der Waals surface area contributed by atoms with Crippen molar-refractivity contribution in [1.82, 2.24) is 9.97 Å². The van der Waals surface area contributed by atoms with E-state index in [0.717, 1.165) is 24.5 Å². The molecule has 18 heavy (non-hydrogen) atoms. The fourth-order valence-corrected chi connectivity index (χ4v) is 1.68. The molecule has 0 atom stereocenters. The van der Waals surface area contributed by atoms with Gasteiger partial charge in [0.1, 0.15) is 5.82 Å². The quantitative estimate of drug-likeness (QED) is 0.877. The number of nitrogens with two attached hydrogens (primary N) is 1. The van der Waals surface area contributed by atoms with E-state index in [1.54, 1.807) is 30.7 Å². The monoisotopic (exact) mass is 246 g/mol. The second kappa shape index (κ2) is 6.07. The molecule has 0 aliphatic rings. The number of hydrogen-bond donors (Lipinski definition) is 1. The molecule has 2 rings (SSSR count). The minimum atomic E-state index is -0.253. The Kier molecular flexibility index (Phi) is 4.20. The summed E-state index contributed by atoms with van der Waals surface area (Å²) in [6.45, 7) is 1.32. The van der Waals surface area contributed by atoms with Gasteiger partial charge < -0.3 is 10.6 Å². The van der Waals surface area contributed by atoms with E-state index >= 15 is 0 Å². The van der Waals surface area contributed by atoms with E-state index in [4.69, 9.17) is 5.73 Å². The molecule has 0 spiro atoms. The Morgan fingerprint density at radius 3 is 2.56 bits per heavy atom. The number of nitrogens with zero attached hydrogens (tertiary/aromatic N) is 3. The van der Waals surface area contributed by atoms with Crippen LogP contribution in [0, 0.1) is 5.82 Å². The van der Waals surface area contributed by atoms with Gasteiger partial charge in [0.15, 0.2) is 5.82 Å². The summed E-state index contributed by atoms with van der Waals surface area (Å²) in [7, 11) is 0. The van der Waals surface area contributed by atoms with Crippen molar-refractivity contribution in [3.8, 4) is 0 Å². The van der Waals surface area contributed by atoms with Crippen molar-refractivity contribution in [2.24, 2.45) is 5.73 Å². The maximum Gasteiger partial charge on any atom is 0.151 e. The van der Waals surface area contributed by atoms with Crippen LogP contribution in [0.4, 0.5) is 15.9 Å². The van der Waals surface area contributed by atoms with Crippen LogP contribution in [0.1, 0.15) is 6.42 Å². The smallest absolute Gasteiger partial charge is 0.151 e. The summed E-state index contributed by atoms with van der Waals surface area (Å²) in [5.41, 5.74) is 6.41. The van der Waals surface area contributed by atoms with Gasteiger partial charge in [-0.3, -0.25) is 4.98 Å². The van der Waals surface area contributed by atoms with Crippen molar-refractivity contribution in [1.29, 1.82) is 0 Å². The summed E-state index contributed by atoms with van der Waals surface area (Å²) < 4.78 is 12.9. The fourth-order valence-electron chi connectivity index (χ4n) is 1.68. The summed E-state index contributed by atoms with van der Waals surface area (Å²) in [4.78, 5) is 10.3. The van der Waals surface area contributed by atoms with E-state index in [-0.39, 0.29) is 5.82 Å². The maximum absolute atomic E-state index is 12.9. The molecule has 0 saturated carbocycles. The third-order valence-corrected chi connectivity index (χ3v) is 2.55. The van der Waals surface area contributed by atoms with E-state index in [2.05, 4.69) is 9.97 Å². The Bertz CT molecular complexity index is 472. The summed E-state index contributed by atoms with van der Waals surface area (Å²) in [5.74, 6) is 0.481. The molecule has 2 aromatic rings. The molecule has 0 saturated heterocycles. The standard InChI is InChI=1S/C13H15FN4/c14-11-2-4-12(5-3-11)18(9-1-6-15)13-10-16-7-8-17-13/h2-5,7-8,10H,1,6,9,15H2. The van der Waals surface area contributed by atoms with Crippen molar-refractivity contribution < 1.29 is 4.39 Å². The predicted molar refractivity (Wildman–Crippen MR) is 69.1 cm³/mol. The first-order valence-corrected chi connectivity index (χ1v) is 5.80. The second-order valence-electron chi connectivity index (χ2n) is 3.83. The Morgan fingerprint density at radius 2 is 1.94 bits per heavy atom. The molecule has 1 aromatic carbocycles. The lowest BCUT2D eigenvalue weighted by Crippen LogP contribution is -2.22. The molecule has 94 valence electrons. The van der Waals surface area contributed by atoms with Gasteiger partial charge in [-0.2, -0.15) is 0 Å². The second-order valence-corrected chi connectivity index (χ2v) is 3.83. The number of halogens is 1. The molecule has 0 unspecified atom stereocenters. The van der Waals surface area contributed by atoms with Crippen LogP contribution >= 0.6 is 0 Å². The van der Waals surface area contributed by atoms with Gasteiger partial charge in [0, 0.05) is 24.6 Å². The lowest BCUT2D eigenvalue weighted by molar-refractivity contribution is 0.627. The van der Waals surface area contributed by atoms with Crippen LogP contribution in [-0.2, 0) is 0 Å². The molecule has 0 radical (unpaired) electrons. The van der Waals surface area contributed by atoms with Gasteiger partial charge in [0.2, 0.25) is 0 Å². The van der Waals surface area contributed by atoms with Crippen molar-refractivity contribution in [2.45, 2.75) is 6.42 Å². The molecular formula is C13H15FN4. The fraction of sp³-hybridized carbons (Fsp3) is 0.231. The van der Waals surface area contributed by atoms with Gasteiger partial charge in [-0.05, 0) is 37.2 Å². The summed E-state index contributed by atoms with van der Waals surface area (Å²) >= 11 is 0. The lowest BCUT2D eigenvalue weighted by atomic mass is 10.2. The first-order valence-electron chi connectivity index (χ1n) is 5.80. The van der Waals surface area contributed by atoms with Gasteiger partial charge in [0.05, 0.1) is 6.20 Å². The molecule has 1 aromatic heterocycles. The molecule has 5 heteroatoms. The van der Waals surface area contributed by atoms with Crippen LogP contribution in [0.2, 0.25) is 0 Å². The summed E-state index contributed by atoms with van der Waals surface area (Å²) in [6.07, 6.45) is 5.76. The topological polar surface area (TPSA) is 55.0 Å². The van der Waals surface area contributed by atoms with Crippen molar-refractivity contribution in [3.05, 3.63) is 48.7 Å². The van der Waals surface area contributed by atoms with E-state index in [1.165, 1.54) is 12.1 Å². The first-order chi connectivity index (χ1) is 8.81. The highest BCUT2D eigenvalue weighted by atomic mass is 19.1. The Labute approximate surface area is 105 Å². The van der Waals surface area contributed by atoms with Crippen LogP contribution in [0.15, 0.2) is 42.9 Å². The molecule has 0 amide bonds. The molecule has 2 N–H and O–H groups in total. The molecule has 0 aliphatic carbocycles. The average molecular weight is 246 g/mol. The van der Waals surface area contributed by atoms with Gasteiger partial charge in [0.25, 0.3) is 0 Å². The van der Waals surface area contributed by atoms with Gasteiger partial charge in [-0.15, -0.1) is 0 Å². The van der Waals surface area contributed by atoms with E-state index in [9.17, 15) is 4.39 Å². The Balaban J connectivity index is 2.27. The van der Waals surface area contributed by atoms with Crippen molar-refractivity contribution in [3.63, 3.8) is 0 Å². The van der Waals surface area contributed by atoms with Gasteiger partial charge in [-0.25, -0.2) is 9.37 Å². The normalized spacial score (nSPS) is 10.3. The average Bonchev–Trinajstić information content (AvgIpc) is 2.42. The number of aromatic nitrogens is 2. The zero-order valence-electron chi connectivity index (χ0n) is 9.96. The molecule has 0 bridgehead atoms. The zero-order chi connectivity index (χ0) is 12.8. The van der Waals surface area contributed by atoms with Crippen molar-refractivity contribution in [2.75, 3.05) is 18.0 Å². The Hall–Kier alpha value is -2.01.